The Bertz CT molecular complexity index is 1180. The number of hydrogen-bond donors (Lipinski definition) is 1. The van der Waals surface area contributed by atoms with Crippen LogP contribution in [-0.2, 0) is 28.9 Å². The van der Waals surface area contributed by atoms with E-state index in [2.05, 4.69) is 34.4 Å². The van der Waals surface area contributed by atoms with Crippen molar-refractivity contribution in [3.05, 3.63) is 58.3 Å². The van der Waals surface area contributed by atoms with E-state index in [1.54, 1.807) is 42.5 Å². The van der Waals surface area contributed by atoms with Crippen LogP contribution in [0.1, 0.15) is 41.1 Å². The number of nitrogens with zero attached hydrogens (tertiary/aromatic N) is 3. The van der Waals surface area contributed by atoms with E-state index in [9.17, 15) is 9.59 Å². The third kappa shape index (κ3) is 5.42. The number of esters is 1. The Morgan fingerprint density at radius 1 is 1.32 bits per heavy atom. The quantitative estimate of drug-likeness (QED) is 0.248. The predicted molar refractivity (Wildman–Crippen MR) is 136 cm³/mol. The summed E-state index contributed by atoms with van der Waals surface area (Å²) in [7, 11) is 0. The topological polar surface area (TPSA) is 86.1 Å². The molecule has 1 atom stereocenters. The standard InChI is InChI=1S/C25H28N4O3S2/c1-4-12-29-23(20-14-33-21-13-16(3)6-11-19(20)21)27-28-25(29)34-15-22(30)26-18-9-7-17(8-10-18)24(31)32-5-2/h4,7-10,14,16H,1,5-6,11-13,15H2,2-3H3,(H,26,30). The number of benzene rings is 1. The van der Waals surface area contributed by atoms with E-state index >= 15 is 0 Å². The molecule has 34 heavy (non-hydrogen) atoms. The summed E-state index contributed by atoms with van der Waals surface area (Å²) in [6.45, 7) is 8.84. The highest BCUT2D eigenvalue weighted by Gasteiger charge is 2.24. The number of thiophene rings is 1. The number of fused-ring (bicyclic) bond motifs is 1. The molecule has 7 nitrogen and oxygen atoms in total. The molecule has 0 saturated heterocycles. The van der Waals surface area contributed by atoms with Crippen LogP contribution in [0, 0.1) is 5.92 Å². The highest BCUT2D eigenvalue weighted by Crippen LogP contribution is 2.38. The van der Waals surface area contributed by atoms with E-state index in [-0.39, 0.29) is 17.6 Å². The van der Waals surface area contributed by atoms with Gasteiger partial charge in [0.05, 0.1) is 17.9 Å². The zero-order valence-electron chi connectivity index (χ0n) is 19.4. The predicted octanol–water partition coefficient (Wildman–Crippen LogP) is 5.22. The molecule has 1 aliphatic carbocycles. The lowest BCUT2D eigenvalue weighted by Crippen LogP contribution is -2.15. The van der Waals surface area contributed by atoms with E-state index in [1.165, 1.54) is 28.6 Å². The number of allylic oxidation sites excluding steroid dienone is 1. The number of aromatic nitrogens is 3. The van der Waals surface area contributed by atoms with Gasteiger partial charge in [0.25, 0.3) is 0 Å². The molecule has 1 unspecified atom stereocenters. The van der Waals surface area contributed by atoms with Crippen LogP contribution in [0.4, 0.5) is 5.69 Å². The zero-order chi connectivity index (χ0) is 24.1. The van der Waals surface area contributed by atoms with Gasteiger partial charge in [-0.15, -0.1) is 28.1 Å². The summed E-state index contributed by atoms with van der Waals surface area (Å²) in [4.78, 5) is 25.8. The van der Waals surface area contributed by atoms with E-state index in [0.29, 0.717) is 29.6 Å². The van der Waals surface area contributed by atoms with Crippen LogP contribution in [0.15, 0.2) is 47.5 Å². The van der Waals surface area contributed by atoms with Gasteiger partial charge in [0.1, 0.15) is 0 Å². The van der Waals surface area contributed by atoms with E-state index < -0.39 is 0 Å². The summed E-state index contributed by atoms with van der Waals surface area (Å²) in [5.41, 5.74) is 3.61. The average molecular weight is 497 g/mol. The van der Waals surface area contributed by atoms with Crippen molar-refractivity contribution in [2.75, 3.05) is 17.7 Å². The number of rotatable bonds is 9. The van der Waals surface area contributed by atoms with Gasteiger partial charge in [-0.05, 0) is 61.9 Å². The summed E-state index contributed by atoms with van der Waals surface area (Å²) < 4.78 is 7.01. The van der Waals surface area contributed by atoms with Crippen LogP contribution in [0.3, 0.4) is 0 Å². The molecule has 1 aromatic carbocycles. The number of ether oxygens (including phenoxy) is 1. The Labute approximate surface area is 207 Å². The Kier molecular flexibility index (Phi) is 7.84. The van der Waals surface area contributed by atoms with Gasteiger partial charge in [0, 0.05) is 28.1 Å². The molecular formula is C25H28N4O3S2. The van der Waals surface area contributed by atoms with Gasteiger partial charge < -0.3 is 10.1 Å². The van der Waals surface area contributed by atoms with Gasteiger partial charge in [-0.25, -0.2) is 4.79 Å². The summed E-state index contributed by atoms with van der Waals surface area (Å²) in [5.74, 6) is 1.20. The molecular weight excluding hydrogens is 468 g/mol. The Hall–Kier alpha value is -2.91. The second-order valence-electron chi connectivity index (χ2n) is 8.24. The van der Waals surface area contributed by atoms with Gasteiger partial charge in [-0.2, -0.15) is 0 Å². The molecule has 1 N–H and O–H groups in total. The maximum Gasteiger partial charge on any atom is 0.338 e. The van der Waals surface area contributed by atoms with Crippen LogP contribution in [-0.4, -0.2) is 39.0 Å². The van der Waals surface area contributed by atoms with E-state index in [1.807, 2.05) is 10.6 Å². The van der Waals surface area contributed by atoms with Gasteiger partial charge in [-0.3, -0.25) is 9.36 Å². The van der Waals surface area contributed by atoms with Crippen molar-refractivity contribution < 1.29 is 14.3 Å². The largest absolute Gasteiger partial charge is 0.462 e. The zero-order valence-corrected chi connectivity index (χ0v) is 21.0. The molecule has 2 heterocycles. The van der Waals surface area contributed by atoms with Crippen molar-refractivity contribution in [1.82, 2.24) is 14.8 Å². The average Bonchev–Trinajstić information content (AvgIpc) is 3.42. The Balaban J connectivity index is 1.42. The Morgan fingerprint density at radius 2 is 2.12 bits per heavy atom. The fraction of sp³-hybridized carbons (Fsp3) is 0.360. The maximum absolute atomic E-state index is 12.5. The number of carbonyl (C=O) groups is 2. The molecule has 0 spiro atoms. The van der Waals surface area contributed by atoms with Crippen LogP contribution in [0.25, 0.3) is 11.4 Å². The first-order chi connectivity index (χ1) is 16.5. The Morgan fingerprint density at radius 3 is 2.85 bits per heavy atom. The highest BCUT2D eigenvalue weighted by atomic mass is 32.2. The minimum Gasteiger partial charge on any atom is -0.462 e. The van der Waals surface area contributed by atoms with Crippen molar-refractivity contribution in [1.29, 1.82) is 0 Å². The SMILES string of the molecule is C=CCn1c(SCC(=O)Nc2ccc(C(=O)OCC)cc2)nnc1-c1csc2c1CCC(C)C2. The number of hydrogen-bond acceptors (Lipinski definition) is 7. The second-order valence-corrected chi connectivity index (χ2v) is 10.1. The molecule has 0 fully saturated rings. The van der Waals surface area contributed by atoms with E-state index in [0.717, 1.165) is 30.1 Å². The monoisotopic (exact) mass is 496 g/mol. The number of amides is 1. The first kappa shape index (κ1) is 24.2. The summed E-state index contributed by atoms with van der Waals surface area (Å²) in [6.07, 6.45) is 5.20. The molecule has 3 aromatic rings. The molecule has 4 rings (SSSR count). The minimum absolute atomic E-state index is 0.162. The molecule has 1 aliphatic rings. The summed E-state index contributed by atoms with van der Waals surface area (Å²) in [6, 6.07) is 6.65. The smallest absolute Gasteiger partial charge is 0.338 e. The summed E-state index contributed by atoms with van der Waals surface area (Å²) >= 11 is 3.15. The molecule has 0 bridgehead atoms. The molecule has 0 radical (unpaired) electrons. The van der Waals surface area contributed by atoms with Crippen molar-refractivity contribution >= 4 is 40.7 Å². The van der Waals surface area contributed by atoms with Gasteiger partial charge >= 0.3 is 5.97 Å². The summed E-state index contributed by atoms with van der Waals surface area (Å²) in [5, 5.41) is 14.6. The molecule has 0 aliphatic heterocycles. The van der Waals surface area contributed by atoms with Crippen molar-refractivity contribution in [3.63, 3.8) is 0 Å². The first-order valence-corrected chi connectivity index (χ1v) is 13.2. The van der Waals surface area contributed by atoms with Crippen LogP contribution < -0.4 is 5.32 Å². The number of carbonyl (C=O) groups excluding carboxylic acids is 2. The third-order valence-corrected chi connectivity index (χ3v) is 7.70. The van der Waals surface area contributed by atoms with Crippen LogP contribution in [0.2, 0.25) is 0 Å². The molecule has 1 amide bonds. The molecule has 2 aromatic heterocycles. The number of anilines is 1. The lowest BCUT2D eigenvalue weighted by Gasteiger charge is -2.19. The van der Waals surface area contributed by atoms with Crippen LogP contribution in [0.5, 0.6) is 0 Å². The first-order valence-electron chi connectivity index (χ1n) is 11.3. The van der Waals surface area contributed by atoms with Crippen molar-refractivity contribution in [3.8, 4) is 11.4 Å². The van der Waals surface area contributed by atoms with E-state index in [4.69, 9.17) is 4.74 Å². The highest BCUT2D eigenvalue weighted by molar-refractivity contribution is 7.99. The lowest BCUT2D eigenvalue weighted by molar-refractivity contribution is -0.113. The number of thioether (sulfide) groups is 1. The second kappa shape index (κ2) is 11.0. The van der Waals surface area contributed by atoms with Crippen molar-refractivity contribution in [2.24, 2.45) is 5.92 Å². The number of nitrogens with one attached hydrogen (secondary N) is 1. The van der Waals surface area contributed by atoms with Crippen molar-refractivity contribution in [2.45, 2.75) is 44.8 Å². The third-order valence-electron chi connectivity index (χ3n) is 5.68. The molecule has 9 heteroatoms. The fourth-order valence-corrected chi connectivity index (χ4v) is 5.98. The fourth-order valence-electron chi connectivity index (χ4n) is 3.98. The van der Waals surface area contributed by atoms with Gasteiger partial charge in [0.2, 0.25) is 5.91 Å². The maximum atomic E-state index is 12.5. The van der Waals surface area contributed by atoms with Gasteiger partial charge in [-0.1, -0.05) is 24.8 Å². The lowest BCUT2D eigenvalue weighted by atomic mass is 9.88. The minimum atomic E-state index is -0.380. The van der Waals surface area contributed by atoms with Gasteiger partial charge in [0.15, 0.2) is 11.0 Å². The van der Waals surface area contributed by atoms with Crippen LogP contribution >= 0.6 is 23.1 Å². The molecule has 178 valence electrons. The molecule has 0 saturated carbocycles. The normalized spacial score (nSPS) is 14.9.